The smallest absolute Gasteiger partial charge is 0.233 e. The molecular weight excluding hydrogens is 340 g/mol. The minimum Gasteiger partial charge on any atom is -0.454 e. The number of H-pyrrole nitrogens is 1. The van der Waals surface area contributed by atoms with Gasteiger partial charge in [0.2, 0.25) is 17.9 Å². The first-order valence-corrected chi connectivity index (χ1v) is 9.43. The minimum absolute atomic E-state index is 0.0722. The van der Waals surface area contributed by atoms with Crippen LogP contribution in [0.2, 0.25) is 0 Å². The topological polar surface area (TPSA) is 80.3 Å². The van der Waals surface area contributed by atoms with Gasteiger partial charge in [-0.1, -0.05) is 17.8 Å². The first kappa shape index (κ1) is 16.3. The van der Waals surface area contributed by atoms with Crippen molar-refractivity contribution >= 4 is 17.7 Å². The largest absolute Gasteiger partial charge is 0.454 e. The summed E-state index contributed by atoms with van der Waals surface area (Å²) in [5, 5.41) is 7.80. The number of aromatic nitrogens is 3. The fraction of sp³-hybridized carbons (Fsp3) is 0.471. The Morgan fingerprint density at radius 1 is 1.36 bits per heavy atom. The van der Waals surface area contributed by atoms with Crippen molar-refractivity contribution in [2.45, 2.75) is 37.4 Å². The van der Waals surface area contributed by atoms with E-state index in [-0.39, 0.29) is 12.7 Å². The second-order valence-corrected chi connectivity index (χ2v) is 7.10. The Morgan fingerprint density at radius 2 is 2.20 bits per heavy atom. The van der Waals surface area contributed by atoms with Crippen molar-refractivity contribution in [2.24, 2.45) is 0 Å². The van der Waals surface area contributed by atoms with Crippen LogP contribution in [0.5, 0.6) is 11.5 Å². The summed E-state index contributed by atoms with van der Waals surface area (Å²) < 4.78 is 10.7. The Bertz CT molecular complexity index is 775. The first-order valence-electron chi connectivity index (χ1n) is 8.44. The molecule has 2 heterocycles. The Labute approximate surface area is 150 Å². The van der Waals surface area contributed by atoms with Crippen molar-refractivity contribution < 1.29 is 14.3 Å². The molecule has 1 aliphatic carbocycles. The number of fused-ring (bicyclic) bond motifs is 1. The Balaban J connectivity index is 1.33. The second-order valence-electron chi connectivity index (χ2n) is 6.16. The zero-order chi connectivity index (χ0) is 17.2. The molecule has 0 saturated heterocycles. The number of ether oxygens (including phenoxy) is 2. The van der Waals surface area contributed by atoms with Crippen LogP contribution in [-0.2, 0) is 11.3 Å². The third kappa shape index (κ3) is 3.73. The van der Waals surface area contributed by atoms with E-state index < -0.39 is 0 Å². The van der Waals surface area contributed by atoms with Gasteiger partial charge in [-0.05, 0) is 37.5 Å². The van der Waals surface area contributed by atoms with Crippen LogP contribution in [0.15, 0.2) is 23.4 Å². The van der Waals surface area contributed by atoms with Gasteiger partial charge in [-0.15, -0.1) is 5.10 Å². The van der Waals surface area contributed by atoms with Crippen LogP contribution in [0.3, 0.4) is 0 Å². The number of nitrogens with zero attached hydrogens (tertiary/aromatic N) is 3. The number of thioether (sulfide) groups is 1. The molecule has 0 radical (unpaired) electrons. The van der Waals surface area contributed by atoms with E-state index in [1.165, 1.54) is 24.6 Å². The van der Waals surface area contributed by atoms with Crippen molar-refractivity contribution in [1.82, 2.24) is 20.1 Å². The summed E-state index contributed by atoms with van der Waals surface area (Å²) in [6.45, 7) is 3.43. The van der Waals surface area contributed by atoms with E-state index in [2.05, 4.69) is 15.2 Å². The highest BCUT2D eigenvalue weighted by molar-refractivity contribution is 7.99. The predicted octanol–water partition coefficient (Wildman–Crippen LogP) is 2.55. The SMILES string of the molecule is CCN(Cc1ccc2c(c1)OCO2)C(=O)CSc1n[nH]c(C2CC2)n1. The molecule has 7 nitrogen and oxygen atoms in total. The van der Waals surface area contributed by atoms with Crippen LogP contribution in [-0.4, -0.2) is 45.1 Å². The fourth-order valence-corrected chi connectivity index (χ4v) is 3.42. The van der Waals surface area contributed by atoms with Crippen molar-refractivity contribution in [1.29, 1.82) is 0 Å². The number of rotatable bonds is 7. The van der Waals surface area contributed by atoms with Crippen molar-refractivity contribution in [2.75, 3.05) is 19.1 Å². The van der Waals surface area contributed by atoms with Crippen molar-refractivity contribution in [3.05, 3.63) is 29.6 Å². The summed E-state index contributed by atoms with van der Waals surface area (Å²) in [6.07, 6.45) is 2.36. The van der Waals surface area contributed by atoms with E-state index in [4.69, 9.17) is 9.47 Å². The van der Waals surface area contributed by atoms with Gasteiger partial charge in [-0.2, -0.15) is 0 Å². The van der Waals surface area contributed by atoms with Crippen molar-refractivity contribution in [3.8, 4) is 11.5 Å². The normalized spacial score (nSPS) is 15.4. The zero-order valence-corrected chi connectivity index (χ0v) is 14.8. The fourth-order valence-electron chi connectivity index (χ4n) is 2.72. The van der Waals surface area contributed by atoms with E-state index in [1.54, 1.807) is 0 Å². The van der Waals surface area contributed by atoms with Crippen LogP contribution >= 0.6 is 11.8 Å². The lowest BCUT2D eigenvalue weighted by Gasteiger charge is -2.20. The predicted molar refractivity (Wildman–Crippen MR) is 92.7 cm³/mol. The maximum absolute atomic E-state index is 12.5. The lowest BCUT2D eigenvalue weighted by Crippen LogP contribution is -2.31. The first-order chi connectivity index (χ1) is 12.2. The number of benzene rings is 1. The van der Waals surface area contributed by atoms with E-state index in [0.29, 0.717) is 29.9 Å². The number of carbonyl (C=O) groups is 1. The molecular formula is C17H20N4O3S. The second kappa shape index (κ2) is 6.95. The molecule has 1 aliphatic heterocycles. The van der Waals surface area contributed by atoms with Crippen LogP contribution in [0.1, 0.15) is 37.1 Å². The molecule has 1 fully saturated rings. The van der Waals surface area contributed by atoms with Gasteiger partial charge in [-0.3, -0.25) is 9.89 Å². The summed E-state index contributed by atoms with van der Waals surface area (Å²) >= 11 is 1.38. The molecule has 132 valence electrons. The average Bonchev–Trinajstić information content (AvgIpc) is 3.19. The molecule has 2 aromatic rings. The van der Waals surface area contributed by atoms with Crippen LogP contribution in [0.4, 0.5) is 0 Å². The lowest BCUT2D eigenvalue weighted by atomic mass is 10.2. The summed E-state index contributed by atoms with van der Waals surface area (Å²) in [6, 6.07) is 5.79. The number of amides is 1. The Kier molecular flexibility index (Phi) is 4.52. The summed E-state index contributed by atoms with van der Waals surface area (Å²) in [5.74, 6) is 3.38. The van der Waals surface area contributed by atoms with Gasteiger partial charge in [0.25, 0.3) is 0 Å². The molecule has 1 N–H and O–H groups in total. The van der Waals surface area contributed by atoms with Crippen LogP contribution in [0, 0.1) is 0 Å². The zero-order valence-electron chi connectivity index (χ0n) is 14.0. The van der Waals surface area contributed by atoms with Gasteiger partial charge in [0, 0.05) is 19.0 Å². The highest BCUT2D eigenvalue weighted by Crippen LogP contribution is 2.38. The van der Waals surface area contributed by atoms with Crippen LogP contribution in [0.25, 0.3) is 0 Å². The maximum atomic E-state index is 12.5. The third-order valence-electron chi connectivity index (χ3n) is 4.32. The molecule has 0 atom stereocenters. The number of aromatic amines is 1. The van der Waals surface area contributed by atoms with Gasteiger partial charge >= 0.3 is 0 Å². The lowest BCUT2D eigenvalue weighted by molar-refractivity contribution is -0.128. The van der Waals surface area contributed by atoms with E-state index in [9.17, 15) is 4.79 Å². The molecule has 1 aromatic carbocycles. The number of carbonyl (C=O) groups excluding carboxylic acids is 1. The molecule has 1 aromatic heterocycles. The molecule has 25 heavy (non-hydrogen) atoms. The van der Waals surface area contributed by atoms with Gasteiger partial charge in [0.15, 0.2) is 11.5 Å². The van der Waals surface area contributed by atoms with Gasteiger partial charge in [0.05, 0.1) is 5.75 Å². The van der Waals surface area contributed by atoms with E-state index in [0.717, 1.165) is 22.9 Å². The summed E-state index contributed by atoms with van der Waals surface area (Å²) in [5.41, 5.74) is 1.03. The molecule has 1 saturated carbocycles. The number of nitrogens with one attached hydrogen (secondary N) is 1. The summed E-state index contributed by atoms with van der Waals surface area (Å²) in [7, 11) is 0. The van der Waals surface area contributed by atoms with E-state index in [1.807, 2.05) is 30.0 Å². The molecule has 2 aliphatic rings. The molecule has 1 amide bonds. The Morgan fingerprint density at radius 3 is 3.00 bits per heavy atom. The molecule has 8 heteroatoms. The molecule has 0 bridgehead atoms. The standard InChI is InChI=1S/C17H20N4O3S/c1-2-21(8-11-3-6-13-14(7-11)24-10-23-13)15(22)9-25-17-18-16(19-20-17)12-4-5-12/h3,6-7,12H,2,4-5,8-10H2,1H3,(H,18,19,20). The van der Waals surface area contributed by atoms with Crippen molar-refractivity contribution in [3.63, 3.8) is 0 Å². The highest BCUT2D eigenvalue weighted by Gasteiger charge is 2.27. The number of hydrogen-bond donors (Lipinski definition) is 1. The van der Waals surface area contributed by atoms with Crippen LogP contribution < -0.4 is 9.47 Å². The minimum atomic E-state index is 0.0722. The average molecular weight is 360 g/mol. The molecule has 0 spiro atoms. The maximum Gasteiger partial charge on any atom is 0.233 e. The van der Waals surface area contributed by atoms with E-state index >= 15 is 0 Å². The number of hydrogen-bond acceptors (Lipinski definition) is 6. The quantitative estimate of drug-likeness (QED) is 0.765. The highest BCUT2D eigenvalue weighted by atomic mass is 32.2. The molecule has 0 unspecified atom stereocenters. The molecule has 4 rings (SSSR count). The van der Waals surface area contributed by atoms with Gasteiger partial charge in [-0.25, -0.2) is 4.98 Å². The summed E-state index contributed by atoms with van der Waals surface area (Å²) in [4.78, 5) is 18.8. The third-order valence-corrected chi connectivity index (χ3v) is 5.15. The monoisotopic (exact) mass is 360 g/mol. The van der Waals surface area contributed by atoms with Gasteiger partial charge in [0.1, 0.15) is 5.82 Å². The van der Waals surface area contributed by atoms with Gasteiger partial charge < -0.3 is 14.4 Å². The Hall–Kier alpha value is -2.22.